The molecular weight excluding hydrogens is 320 g/mol. The van der Waals surface area contributed by atoms with Gasteiger partial charge in [0.05, 0.1) is 0 Å². The number of nitrogens with one attached hydrogen (secondary N) is 2. The van der Waals surface area contributed by atoms with Crippen LogP contribution >= 0.6 is 0 Å². The van der Waals surface area contributed by atoms with Crippen LogP contribution < -0.4 is 28.9 Å². The maximum Gasteiger partial charge on any atom is 0.227 e. The van der Waals surface area contributed by atoms with Gasteiger partial charge < -0.3 is 5.32 Å². The van der Waals surface area contributed by atoms with Crippen molar-refractivity contribution in [3.63, 3.8) is 0 Å². The number of anilines is 1. The minimum absolute atomic E-state index is 1.10. The van der Waals surface area contributed by atoms with E-state index < -0.39 is 10.2 Å². The SMILES string of the molecule is CC1=CC(c2ccccc2)=[NH+]c2ccccc2N1.[O-][Cl+3]([O-])([O-])[O-]. The van der Waals surface area contributed by atoms with Crippen molar-refractivity contribution < 1.29 is 33.9 Å². The molecule has 0 aliphatic carbocycles. The van der Waals surface area contributed by atoms with Crippen LogP contribution in [0.15, 0.2) is 66.4 Å². The second kappa shape index (κ2) is 7.36. The average Bonchev–Trinajstić information content (AvgIpc) is 2.64. The van der Waals surface area contributed by atoms with Crippen molar-refractivity contribution in [2.45, 2.75) is 6.92 Å². The van der Waals surface area contributed by atoms with E-state index in [1.165, 1.54) is 5.56 Å². The largest absolute Gasteiger partial charge is 0.354 e. The van der Waals surface area contributed by atoms with Gasteiger partial charge in [0, 0.05) is 23.4 Å². The highest BCUT2D eigenvalue weighted by atomic mass is 35.7. The van der Waals surface area contributed by atoms with Crippen molar-refractivity contribution in [1.29, 1.82) is 0 Å². The Morgan fingerprint density at radius 3 is 2.09 bits per heavy atom. The fourth-order valence-corrected chi connectivity index (χ4v) is 2.12. The normalized spacial score (nSPS) is 13.4. The molecule has 1 aliphatic rings. The maximum absolute atomic E-state index is 8.49. The quantitative estimate of drug-likeness (QED) is 0.596. The molecule has 0 aromatic heterocycles. The molecule has 120 valence electrons. The van der Waals surface area contributed by atoms with Gasteiger partial charge in [0.15, 0.2) is 0 Å². The highest BCUT2D eigenvalue weighted by Crippen LogP contribution is 2.19. The van der Waals surface area contributed by atoms with Crippen LogP contribution in [0.1, 0.15) is 12.5 Å². The first-order valence-electron chi connectivity index (χ1n) is 6.68. The highest BCUT2D eigenvalue weighted by Gasteiger charge is 2.15. The number of hydrogen-bond acceptors (Lipinski definition) is 5. The van der Waals surface area contributed by atoms with Crippen molar-refractivity contribution in [3.05, 3.63) is 71.9 Å². The molecule has 2 N–H and O–H groups in total. The Morgan fingerprint density at radius 1 is 0.870 bits per heavy atom. The number of rotatable bonds is 1. The first-order chi connectivity index (χ1) is 10.8. The van der Waals surface area contributed by atoms with E-state index in [0.717, 1.165) is 22.8 Å². The molecule has 0 fully saturated rings. The zero-order valence-electron chi connectivity index (χ0n) is 12.3. The molecule has 23 heavy (non-hydrogen) atoms. The van der Waals surface area contributed by atoms with Crippen LogP contribution in [0.5, 0.6) is 0 Å². The van der Waals surface area contributed by atoms with E-state index in [0.29, 0.717) is 0 Å². The van der Waals surface area contributed by atoms with Gasteiger partial charge in [-0.25, -0.2) is 23.6 Å². The van der Waals surface area contributed by atoms with E-state index in [1.807, 2.05) is 18.2 Å². The van der Waals surface area contributed by atoms with Crippen LogP contribution in [0.4, 0.5) is 11.4 Å². The molecular formula is C16H15ClN2O4. The van der Waals surface area contributed by atoms with Gasteiger partial charge in [-0.05, 0) is 25.1 Å². The molecule has 0 atom stereocenters. The van der Waals surface area contributed by atoms with Crippen molar-refractivity contribution in [1.82, 2.24) is 0 Å². The summed E-state index contributed by atoms with van der Waals surface area (Å²) in [7, 11) is -4.94. The molecule has 0 amide bonds. The van der Waals surface area contributed by atoms with E-state index in [1.54, 1.807) is 0 Å². The molecule has 6 nitrogen and oxygen atoms in total. The molecule has 3 rings (SSSR count). The summed E-state index contributed by atoms with van der Waals surface area (Å²) in [6, 6.07) is 18.6. The molecule has 7 heteroatoms. The van der Waals surface area contributed by atoms with E-state index >= 15 is 0 Å². The molecule has 0 bridgehead atoms. The van der Waals surface area contributed by atoms with E-state index in [9.17, 15) is 0 Å². The molecule has 2 aromatic rings. The minimum Gasteiger partial charge on any atom is -0.354 e. The topological polar surface area (TPSA) is 118 Å². The van der Waals surface area contributed by atoms with Gasteiger partial charge in [-0.1, -0.05) is 30.3 Å². The van der Waals surface area contributed by atoms with Gasteiger partial charge in [-0.15, -0.1) is 10.2 Å². The zero-order valence-corrected chi connectivity index (χ0v) is 13.0. The van der Waals surface area contributed by atoms with Crippen molar-refractivity contribution in [3.8, 4) is 0 Å². The first-order valence-corrected chi connectivity index (χ1v) is 7.92. The summed E-state index contributed by atoms with van der Waals surface area (Å²) in [5.41, 5.74) is 5.65. The molecule has 0 saturated carbocycles. The number of halogens is 1. The van der Waals surface area contributed by atoms with Gasteiger partial charge in [0.25, 0.3) is 0 Å². The van der Waals surface area contributed by atoms with Gasteiger partial charge in [-0.2, -0.15) is 0 Å². The Bertz CT molecular complexity index is 718. The van der Waals surface area contributed by atoms with Gasteiger partial charge in [0.1, 0.15) is 5.69 Å². The lowest BCUT2D eigenvalue weighted by Crippen LogP contribution is -2.68. The third-order valence-electron chi connectivity index (χ3n) is 2.97. The second-order valence-corrected chi connectivity index (χ2v) is 5.54. The summed E-state index contributed by atoms with van der Waals surface area (Å²) in [6.45, 7) is 2.08. The number of para-hydroxylation sites is 2. The summed E-state index contributed by atoms with van der Waals surface area (Å²) in [5.74, 6) is 0. The number of hydrogen-bond donors (Lipinski definition) is 2. The van der Waals surface area contributed by atoms with Gasteiger partial charge >= 0.3 is 0 Å². The summed E-state index contributed by atoms with van der Waals surface area (Å²) < 4.78 is 34.0. The minimum atomic E-state index is -4.94. The van der Waals surface area contributed by atoms with E-state index in [-0.39, 0.29) is 0 Å². The molecule has 0 spiro atoms. The third kappa shape index (κ3) is 5.82. The van der Waals surface area contributed by atoms with Crippen LogP contribution in [-0.4, -0.2) is 5.71 Å². The Hall–Kier alpha value is -2.22. The molecule has 2 aromatic carbocycles. The van der Waals surface area contributed by atoms with Gasteiger partial charge in [0.2, 0.25) is 11.4 Å². The highest BCUT2D eigenvalue weighted by molar-refractivity contribution is 6.06. The van der Waals surface area contributed by atoms with Crippen LogP contribution in [-0.2, 0) is 0 Å². The molecule has 0 saturated heterocycles. The lowest BCUT2D eigenvalue weighted by molar-refractivity contribution is -2.00. The number of allylic oxidation sites excluding steroid dienone is 2. The fourth-order valence-electron chi connectivity index (χ4n) is 2.12. The lowest BCUT2D eigenvalue weighted by atomic mass is 10.1. The predicted octanol–water partition coefficient (Wildman–Crippen LogP) is -2.54. The average molecular weight is 335 g/mol. The van der Waals surface area contributed by atoms with Crippen molar-refractivity contribution in [2.75, 3.05) is 5.32 Å². The lowest BCUT2D eigenvalue weighted by Gasteiger charge is -2.17. The predicted molar refractivity (Wildman–Crippen MR) is 75.0 cm³/mol. The standard InChI is InChI=1S/C16H14N2.ClHO4/c1-12-11-16(13-7-3-2-4-8-13)18-15-10-6-5-9-14(15)17-12;2-1(3,4)5/h2-11,17H,1H3;(H,2,3,4,5). The number of benzene rings is 2. The second-order valence-electron chi connectivity index (χ2n) is 4.78. The summed E-state index contributed by atoms with van der Waals surface area (Å²) in [6.07, 6.45) is 2.13. The number of fused-ring (bicyclic) bond motifs is 1. The molecule has 1 heterocycles. The monoisotopic (exact) mass is 334 g/mol. The molecule has 0 unspecified atom stereocenters. The maximum atomic E-state index is 8.49. The third-order valence-corrected chi connectivity index (χ3v) is 2.97. The Morgan fingerprint density at radius 2 is 1.43 bits per heavy atom. The van der Waals surface area contributed by atoms with Crippen molar-refractivity contribution >= 4 is 17.1 Å². The van der Waals surface area contributed by atoms with Crippen LogP contribution in [0.3, 0.4) is 0 Å². The van der Waals surface area contributed by atoms with Crippen molar-refractivity contribution in [2.24, 2.45) is 0 Å². The van der Waals surface area contributed by atoms with Crippen LogP contribution in [0, 0.1) is 10.2 Å². The van der Waals surface area contributed by atoms with Crippen LogP contribution in [0.2, 0.25) is 0 Å². The molecule has 0 radical (unpaired) electrons. The van der Waals surface area contributed by atoms with E-state index in [2.05, 4.69) is 59.7 Å². The zero-order chi connectivity index (χ0) is 16.9. The Labute approximate surface area is 135 Å². The smallest absolute Gasteiger partial charge is 0.227 e. The van der Waals surface area contributed by atoms with Gasteiger partial charge in [-0.3, -0.25) is 0 Å². The molecule has 1 aliphatic heterocycles. The Balaban J connectivity index is 0.000000338. The van der Waals surface area contributed by atoms with Crippen LogP contribution in [0.25, 0.3) is 0 Å². The summed E-state index contributed by atoms with van der Waals surface area (Å²) in [4.78, 5) is 3.48. The first kappa shape index (κ1) is 17.1. The van der Waals surface area contributed by atoms with E-state index in [4.69, 9.17) is 18.6 Å². The fraction of sp³-hybridized carbons (Fsp3) is 0.0625. The summed E-state index contributed by atoms with van der Waals surface area (Å²) >= 11 is 0. The summed E-state index contributed by atoms with van der Waals surface area (Å²) in [5, 5.41) is 3.40. The Kier molecular flexibility index (Phi) is 5.49.